The quantitative estimate of drug-likeness (QED) is 0.887. The van der Waals surface area contributed by atoms with Gasteiger partial charge in [-0.1, -0.05) is 6.92 Å². The predicted octanol–water partition coefficient (Wildman–Crippen LogP) is 3.42. The van der Waals surface area contributed by atoms with Crippen LogP contribution < -0.4 is 5.32 Å². The van der Waals surface area contributed by atoms with Crippen LogP contribution in [0.2, 0.25) is 0 Å². The molecular weight excluding hydrogens is 324 g/mol. The molecule has 1 atom stereocenters. The van der Waals surface area contributed by atoms with Gasteiger partial charge in [0.15, 0.2) is 0 Å². The second kappa shape index (κ2) is 6.86. The Morgan fingerprint density at radius 2 is 2.42 bits per heavy atom. The zero-order valence-corrected chi connectivity index (χ0v) is 13.9. The summed E-state index contributed by atoms with van der Waals surface area (Å²) in [6.07, 6.45) is 3.41. The van der Waals surface area contributed by atoms with Gasteiger partial charge < -0.3 is 10.2 Å². The van der Waals surface area contributed by atoms with Crippen molar-refractivity contribution < 1.29 is 4.79 Å². The highest BCUT2D eigenvalue weighted by Crippen LogP contribution is 2.28. The molecule has 106 valence electrons. The number of rotatable bonds is 5. The van der Waals surface area contributed by atoms with Crippen molar-refractivity contribution in [2.45, 2.75) is 39.2 Å². The SMILES string of the molecule is CCCN(CC1CCCN1)C(=O)c1cc(C)c(Br)s1. The van der Waals surface area contributed by atoms with Crippen LogP contribution in [0.3, 0.4) is 0 Å². The molecule has 0 saturated carbocycles. The van der Waals surface area contributed by atoms with Crippen LogP contribution in [0.15, 0.2) is 9.85 Å². The molecule has 1 N–H and O–H groups in total. The van der Waals surface area contributed by atoms with Gasteiger partial charge in [0.1, 0.15) is 0 Å². The number of hydrogen-bond acceptors (Lipinski definition) is 3. The van der Waals surface area contributed by atoms with E-state index in [1.54, 1.807) is 0 Å². The predicted molar refractivity (Wildman–Crippen MR) is 84.0 cm³/mol. The Kier molecular flexibility index (Phi) is 5.42. The molecule has 1 unspecified atom stereocenters. The molecule has 2 heterocycles. The third-order valence-corrected chi connectivity index (χ3v) is 5.58. The number of nitrogens with zero attached hydrogens (tertiary/aromatic N) is 1. The smallest absolute Gasteiger partial charge is 0.264 e. The second-order valence-corrected chi connectivity index (χ2v) is 7.48. The molecule has 0 radical (unpaired) electrons. The average molecular weight is 345 g/mol. The fraction of sp³-hybridized carbons (Fsp3) is 0.643. The summed E-state index contributed by atoms with van der Waals surface area (Å²) in [6, 6.07) is 2.46. The number of hydrogen-bond donors (Lipinski definition) is 1. The molecule has 3 nitrogen and oxygen atoms in total. The van der Waals surface area contributed by atoms with Crippen molar-refractivity contribution in [3.8, 4) is 0 Å². The molecule has 0 bridgehead atoms. The van der Waals surface area contributed by atoms with Crippen LogP contribution >= 0.6 is 27.3 Å². The van der Waals surface area contributed by atoms with E-state index in [0.717, 1.165) is 40.3 Å². The average Bonchev–Trinajstić information content (AvgIpc) is 2.99. The molecule has 1 aliphatic rings. The van der Waals surface area contributed by atoms with Crippen LogP contribution in [0, 0.1) is 6.92 Å². The van der Waals surface area contributed by atoms with Gasteiger partial charge in [0.25, 0.3) is 5.91 Å². The molecule has 0 aromatic carbocycles. The molecule has 19 heavy (non-hydrogen) atoms. The topological polar surface area (TPSA) is 32.3 Å². The summed E-state index contributed by atoms with van der Waals surface area (Å²) < 4.78 is 1.06. The van der Waals surface area contributed by atoms with E-state index in [2.05, 4.69) is 28.2 Å². The van der Waals surface area contributed by atoms with Crippen molar-refractivity contribution in [2.75, 3.05) is 19.6 Å². The molecule has 1 amide bonds. The summed E-state index contributed by atoms with van der Waals surface area (Å²) in [5.74, 6) is 0.175. The molecule has 1 aromatic heterocycles. The summed E-state index contributed by atoms with van der Waals surface area (Å²) in [5, 5.41) is 3.47. The van der Waals surface area contributed by atoms with E-state index in [-0.39, 0.29) is 5.91 Å². The third kappa shape index (κ3) is 3.80. The first kappa shape index (κ1) is 15.0. The van der Waals surface area contributed by atoms with Crippen molar-refractivity contribution in [1.82, 2.24) is 10.2 Å². The fourth-order valence-electron chi connectivity index (χ4n) is 2.45. The van der Waals surface area contributed by atoms with E-state index in [0.29, 0.717) is 6.04 Å². The van der Waals surface area contributed by atoms with Crippen LogP contribution in [0.1, 0.15) is 41.4 Å². The van der Waals surface area contributed by atoms with Gasteiger partial charge >= 0.3 is 0 Å². The minimum Gasteiger partial charge on any atom is -0.336 e. The van der Waals surface area contributed by atoms with Crippen molar-refractivity contribution in [2.24, 2.45) is 0 Å². The van der Waals surface area contributed by atoms with Crippen LogP contribution in [0.5, 0.6) is 0 Å². The number of carbonyl (C=O) groups excluding carboxylic acids is 1. The van der Waals surface area contributed by atoms with Crippen molar-refractivity contribution in [3.05, 3.63) is 20.3 Å². The first-order chi connectivity index (χ1) is 9.11. The molecule has 2 rings (SSSR count). The first-order valence-electron chi connectivity index (χ1n) is 6.90. The van der Waals surface area contributed by atoms with Crippen LogP contribution in [-0.4, -0.2) is 36.5 Å². The zero-order chi connectivity index (χ0) is 13.8. The highest BCUT2D eigenvalue weighted by molar-refractivity contribution is 9.11. The standard InChI is InChI=1S/C14H21BrN2OS/c1-3-7-17(9-11-5-4-6-16-11)14(18)12-8-10(2)13(15)19-12/h8,11,16H,3-7,9H2,1-2H3. The minimum atomic E-state index is 0.175. The van der Waals surface area contributed by atoms with Gasteiger partial charge in [0.05, 0.1) is 8.66 Å². The van der Waals surface area contributed by atoms with E-state index >= 15 is 0 Å². The maximum Gasteiger partial charge on any atom is 0.264 e. The normalized spacial score (nSPS) is 18.8. The highest BCUT2D eigenvalue weighted by Gasteiger charge is 2.23. The summed E-state index contributed by atoms with van der Waals surface area (Å²) in [5.41, 5.74) is 1.14. The zero-order valence-electron chi connectivity index (χ0n) is 11.5. The molecular formula is C14H21BrN2OS. The van der Waals surface area contributed by atoms with Crippen LogP contribution in [0.25, 0.3) is 0 Å². The van der Waals surface area contributed by atoms with Gasteiger partial charge in [-0.15, -0.1) is 11.3 Å². The molecule has 1 saturated heterocycles. The maximum atomic E-state index is 12.6. The lowest BCUT2D eigenvalue weighted by Crippen LogP contribution is -2.41. The molecule has 1 aliphatic heterocycles. The molecule has 0 aliphatic carbocycles. The highest BCUT2D eigenvalue weighted by atomic mass is 79.9. The van der Waals surface area contributed by atoms with E-state index in [9.17, 15) is 4.79 Å². The van der Waals surface area contributed by atoms with E-state index in [1.165, 1.54) is 24.2 Å². The second-order valence-electron chi connectivity index (χ2n) is 5.11. The Morgan fingerprint density at radius 1 is 1.63 bits per heavy atom. The number of nitrogens with one attached hydrogen (secondary N) is 1. The molecule has 1 fully saturated rings. The molecule has 5 heteroatoms. The summed E-state index contributed by atoms with van der Waals surface area (Å²) >= 11 is 5.04. The van der Waals surface area contributed by atoms with Crippen molar-refractivity contribution in [1.29, 1.82) is 0 Å². The maximum absolute atomic E-state index is 12.6. The van der Waals surface area contributed by atoms with Crippen LogP contribution in [-0.2, 0) is 0 Å². The fourth-order valence-corrected chi connectivity index (χ4v) is 3.95. The first-order valence-corrected chi connectivity index (χ1v) is 8.51. The lowest BCUT2D eigenvalue weighted by Gasteiger charge is -2.25. The Labute approximate surface area is 127 Å². The van der Waals surface area contributed by atoms with E-state index < -0.39 is 0 Å². The Hall–Kier alpha value is -0.390. The number of carbonyl (C=O) groups is 1. The summed E-state index contributed by atoms with van der Waals surface area (Å²) in [6.45, 7) is 6.91. The molecule has 1 aromatic rings. The van der Waals surface area contributed by atoms with Crippen molar-refractivity contribution >= 4 is 33.2 Å². The van der Waals surface area contributed by atoms with Gasteiger partial charge in [-0.25, -0.2) is 0 Å². The van der Waals surface area contributed by atoms with E-state index in [1.807, 2.05) is 17.9 Å². The number of amides is 1. The van der Waals surface area contributed by atoms with E-state index in [4.69, 9.17) is 0 Å². The molecule has 0 spiro atoms. The van der Waals surface area contributed by atoms with Gasteiger partial charge in [-0.05, 0) is 60.3 Å². The van der Waals surface area contributed by atoms with Gasteiger partial charge in [-0.2, -0.15) is 0 Å². The van der Waals surface area contributed by atoms with Crippen molar-refractivity contribution in [3.63, 3.8) is 0 Å². The number of aryl methyl sites for hydroxylation is 1. The Morgan fingerprint density at radius 3 is 2.95 bits per heavy atom. The largest absolute Gasteiger partial charge is 0.336 e. The summed E-state index contributed by atoms with van der Waals surface area (Å²) in [4.78, 5) is 15.4. The van der Waals surface area contributed by atoms with Crippen LogP contribution in [0.4, 0.5) is 0 Å². The Balaban J connectivity index is 2.06. The number of thiophene rings is 1. The summed E-state index contributed by atoms with van der Waals surface area (Å²) in [7, 11) is 0. The minimum absolute atomic E-state index is 0.175. The Bertz CT molecular complexity index is 421. The monoisotopic (exact) mass is 344 g/mol. The lowest BCUT2D eigenvalue weighted by molar-refractivity contribution is 0.0746. The van der Waals surface area contributed by atoms with Gasteiger partial charge in [0, 0.05) is 19.1 Å². The third-order valence-electron chi connectivity index (χ3n) is 3.45. The van der Waals surface area contributed by atoms with Gasteiger partial charge in [-0.3, -0.25) is 4.79 Å². The van der Waals surface area contributed by atoms with Gasteiger partial charge in [0.2, 0.25) is 0 Å². The number of halogens is 1. The lowest BCUT2D eigenvalue weighted by atomic mass is 10.2.